The summed E-state index contributed by atoms with van der Waals surface area (Å²) < 4.78 is 2.07. The van der Waals surface area contributed by atoms with Gasteiger partial charge in [-0.3, -0.25) is 4.68 Å². The molecule has 0 bridgehead atoms. The molecule has 18 heavy (non-hydrogen) atoms. The minimum Gasteiger partial charge on any atom is -0.308 e. The van der Waals surface area contributed by atoms with E-state index in [-0.39, 0.29) is 5.54 Å². The maximum atomic E-state index is 4.47. The maximum Gasteiger partial charge on any atom is 0.0670 e. The zero-order chi connectivity index (χ0) is 13.2. The molecule has 4 heteroatoms. The molecule has 0 aliphatic heterocycles. The molecule has 1 N–H and O–H groups in total. The fourth-order valence-electron chi connectivity index (χ4n) is 1.73. The average Bonchev–Trinajstić information content (AvgIpc) is 2.88. The Morgan fingerprint density at radius 3 is 2.78 bits per heavy atom. The molecule has 2 aromatic heterocycles. The summed E-state index contributed by atoms with van der Waals surface area (Å²) in [5.74, 6) is 0. The monoisotopic (exact) mass is 263 g/mol. The van der Waals surface area contributed by atoms with Crippen molar-refractivity contribution in [1.82, 2.24) is 15.1 Å². The van der Waals surface area contributed by atoms with E-state index in [2.05, 4.69) is 59.6 Å². The van der Waals surface area contributed by atoms with Crippen LogP contribution in [-0.4, -0.2) is 15.3 Å². The lowest BCUT2D eigenvalue weighted by Gasteiger charge is -2.20. The van der Waals surface area contributed by atoms with E-state index in [4.69, 9.17) is 0 Å². The summed E-state index contributed by atoms with van der Waals surface area (Å²) in [5.41, 5.74) is 3.99. The summed E-state index contributed by atoms with van der Waals surface area (Å²) in [7, 11) is 0. The Hall–Kier alpha value is -1.13. The first-order valence-electron chi connectivity index (χ1n) is 6.23. The molecule has 0 aromatic carbocycles. The lowest BCUT2D eigenvalue weighted by atomic mass is 10.1. The Bertz CT molecular complexity index is 492. The van der Waals surface area contributed by atoms with E-state index in [0.29, 0.717) is 0 Å². The molecular formula is C14H21N3S. The second-order valence-electron chi connectivity index (χ2n) is 5.65. The standard InChI is InChI=1S/C14H21N3S/c1-11-13(7-15-14(2,3)4)8-16-17(11)9-12-5-6-18-10-12/h5-6,8,10,15H,7,9H2,1-4H3. The molecule has 2 aromatic rings. The third-order valence-corrected chi connectivity index (χ3v) is 3.66. The molecule has 0 fully saturated rings. The molecule has 0 unspecified atom stereocenters. The minimum absolute atomic E-state index is 0.141. The van der Waals surface area contributed by atoms with Crippen molar-refractivity contribution < 1.29 is 0 Å². The Morgan fingerprint density at radius 2 is 2.17 bits per heavy atom. The van der Waals surface area contributed by atoms with Gasteiger partial charge in [-0.2, -0.15) is 16.4 Å². The Balaban J connectivity index is 2.04. The molecule has 2 heterocycles. The molecule has 0 saturated carbocycles. The van der Waals surface area contributed by atoms with Crippen LogP contribution in [0.25, 0.3) is 0 Å². The van der Waals surface area contributed by atoms with Gasteiger partial charge in [0.15, 0.2) is 0 Å². The van der Waals surface area contributed by atoms with Crippen molar-refractivity contribution in [2.75, 3.05) is 0 Å². The average molecular weight is 263 g/mol. The Morgan fingerprint density at radius 1 is 1.39 bits per heavy atom. The normalized spacial score (nSPS) is 12.0. The number of hydrogen-bond donors (Lipinski definition) is 1. The van der Waals surface area contributed by atoms with E-state index >= 15 is 0 Å². The smallest absolute Gasteiger partial charge is 0.0670 e. The van der Waals surface area contributed by atoms with Crippen molar-refractivity contribution in [2.45, 2.75) is 46.3 Å². The predicted molar refractivity (Wildman–Crippen MR) is 77.0 cm³/mol. The van der Waals surface area contributed by atoms with Gasteiger partial charge in [0.1, 0.15) is 0 Å². The lowest BCUT2D eigenvalue weighted by Crippen LogP contribution is -2.35. The van der Waals surface area contributed by atoms with E-state index in [1.165, 1.54) is 16.8 Å². The van der Waals surface area contributed by atoms with E-state index in [1.807, 2.05) is 6.20 Å². The summed E-state index contributed by atoms with van der Waals surface area (Å²) in [4.78, 5) is 0. The molecule has 2 rings (SSSR count). The van der Waals surface area contributed by atoms with Gasteiger partial charge in [0.2, 0.25) is 0 Å². The topological polar surface area (TPSA) is 29.9 Å². The van der Waals surface area contributed by atoms with Gasteiger partial charge in [-0.25, -0.2) is 0 Å². The summed E-state index contributed by atoms with van der Waals surface area (Å²) in [6.45, 7) is 10.4. The van der Waals surface area contributed by atoms with Gasteiger partial charge in [-0.05, 0) is 50.1 Å². The molecule has 0 spiro atoms. The van der Waals surface area contributed by atoms with Gasteiger partial charge in [0, 0.05) is 23.3 Å². The van der Waals surface area contributed by atoms with Crippen molar-refractivity contribution >= 4 is 11.3 Å². The zero-order valence-electron chi connectivity index (χ0n) is 11.5. The second-order valence-corrected chi connectivity index (χ2v) is 6.43. The summed E-state index contributed by atoms with van der Waals surface area (Å²) in [6, 6.07) is 2.15. The van der Waals surface area contributed by atoms with Crippen LogP contribution < -0.4 is 5.32 Å². The highest BCUT2D eigenvalue weighted by Gasteiger charge is 2.12. The van der Waals surface area contributed by atoms with Crippen LogP contribution in [0, 0.1) is 6.92 Å². The first-order chi connectivity index (χ1) is 8.46. The Kier molecular flexibility index (Phi) is 3.88. The van der Waals surface area contributed by atoms with Gasteiger partial charge in [0.25, 0.3) is 0 Å². The van der Waals surface area contributed by atoms with Crippen molar-refractivity contribution in [3.05, 3.63) is 39.8 Å². The minimum atomic E-state index is 0.141. The summed E-state index contributed by atoms with van der Waals surface area (Å²) in [6.07, 6.45) is 1.97. The number of rotatable bonds is 4. The van der Waals surface area contributed by atoms with Crippen molar-refractivity contribution in [2.24, 2.45) is 0 Å². The van der Waals surface area contributed by atoms with Gasteiger partial charge in [0.05, 0.1) is 12.7 Å². The zero-order valence-corrected chi connectivity index (χ0v) is 12.3. The highest BCUT2D eigenvalue weighted by Crippen LogP contribution is 2.13. The van der Waals surface area contributed by atoms with Gasteiger partial charge in [-0.1, -0.05) is 0 Å². The first kappa shape index (κ1) is 13.3. The number of thiophene rings is 1. The SMILES string of the molecule is Cc1c(CNC(C)(C)C)cnn1Cc1ccsc1. The number of hydrogen-bond acceptors (Lipinski definition) is 3. The van der Waals surface area contributed by atoms with E-state index in [0.717, 1.165) is 13.1 Å². The third kappa shape index (κ3) is 3.43. The molecule has 0 atom stereocenters. The van der Waals surface area contributed by atoms with E-state index in [9.17, 15) is 0 Å². The van der Waals surface area contributed by atoms with E-state index < -0.39 is 0 Å². The number of nitrogens with one attached hydrogen (secondary N) is 1. The maximum absolute atomic E-state index is 4.47. The van der Waals surface area contributed by atoms with Crippen molar-refractivity contribution in [1.29, 1.82) is 0 Å². The van der Waals surface area contributed by atoms with Crippen LogP contribution in [-0.2, 0) is 13.1 Å². The lowest BCUT2D eigenvalue weighted by molar-refractivity contribution is 0.423. The van der Waals surface area contributed by atoms with Crippen LogP contribution in [0.3, 0.4) is 0 Å². The van der Waals surface area contributed by atoms with Gasteiger partial charge in [-0.15, -0.1) is 0 Å². The molecule has 0 aliphatic rings. The van der Waals surface area contributed by atoms with Crippen LogP contribution >= 0.6 is 11.3 Å². The predicted octanol–water partition coefficient (Wildman–Crippen LogP) is 3.19. The van der Waals surface area contributed by atoms with Crippen LogP contribution in [0.15, 0.2) is 23.0 Å². The third-order valence-electron chi connectivity index (χ3n) is 2.93. The number of nitrogens with zero attached hydrogens (tertiary/aromatic N) is 2. The van der Waals surface area contributed by atoms with Crippen LogP contribution in [0.4, 0.5) is 0 Å². The second kappa shape index (κ2) is 5.24. The van der Waals surface area contributed by atoms with E-state index in [1.54, 1.807) is 11.3 Å². The fourth-order valence-corrected chi connectivity index (χ4v) is 2.39. The fraction of sp³-hybridized carbons (Fsp3) is 0.500. The van der Waals surface area contributed by atoms with Crippen LogP contribution in [0.1, 0.15) is 37.6 Å². The molecule has 98 valence electrons. The van der Waals surface area contributed by atoms with Crippen LogP contribution in [0.5, 0.6) is 0 Å². The molecule has 0 aliphatic carbocycles. The van der Waals surface area contributed by atoms with Gasteiger partial charge < -0.3 is 5.32 Å². The Labute approximate surface area is 113 Å². The molecule has 3 nitrogen and oxygen atoms in total. The molecular weight excluding hydrogens is 242 g/mol. The number of aromatic nitrogens is 2. The first-order valence-corrected chi connectivity index (χ1v) is 7.17. The summed E-state index contributed by atoms with van der Waals surface area (Å²) >= 11 is 1.73. The summed E-state index contributed by atoms with van der Waals surface area (Å²) in [5, 5.41) is 12.3. The largest absolute Gasteiger partial charge is 0.308 e. The van der Waals surface area contributed by atoms with Crippen LogP contribution in [0.2, 0.25) is 0 Å². The molecule has 0 saturated heterocycles. The molecule has 0 radical (unpaired) electrons. The van der Waals surface area contributed by atoms with Crippen molar-refractivity contribution in [3.8, 4) is 0 Å². The van der Waals surface area contributed by atoms with Gasteiger partial charge >= 0.3 is 0 Å². The quantitative estimate of drug-likeness (QED) is 0.918. The highest BCUT2D eigenvalue weighted by atomic mass is 32.1. The highest BCUT2D eigenvalue weighted by molar-refractivity contribution is 7.07. The van der Waals surface area contributed by atoms with Crippen molar-refractivity contribution in [3.63, 3.8) is 0 Å². The molecule has 0 amide bonds.